The number of hydrogen-bond acceptors (Lipinski definition) is 4. The fourth-order valence-corrected chi connectivity index (χ4v) is 4.82. The van der Waals surface area contributed by atoms with Gasteiger partial charge in [-0.15, -0.1) is 0 Å². The van der Waals surface area contributed by atoms with Gasteiger partial charge in [-0.3, -0.25) is 4.90 Å². The van der Waals surface area contributed by atoms with Crippen LogP contribution in [0.1, 0.15) is 32.6 Å². The second-order valence-electron chi connectivity index (χ2n) is 5.29. The Morgan fingerprint density at radius 2 is 2.12 bits per heavy atom. The van der Waals surface area contributed by atoms with Crippen LogP contribution in [0.25, 0.3) is 0 Å². The molecule has 2 unspecified atom stereocenters. The minimum atomic E-state index is -2.76. The first-order chi connectivity index (χ1) is 8.12. The normalized spacial score (nSPS) is 33.1. The summed E-state index contributed by atoms with van der Waals surface area (Å²) < 4.78 is 23.2. The lowest BCUT2D eigenvalue weighted by Gasteiger charge is -2.38. The highest BCUT2D eigenvalue weighted by Gasteiger charge is 2.35. The van der Waals surface area contributed by atoms with Gasteiger partial charge in [-0.25, -0.2) is 8.42 Å². The molecule has 0 aromatic carbocycles. The minimum Gasteiger partial charge on any atom is -0.315 e. The van der Waals surface area contributed by atoms with Crippen molar-refractivity contribution in [3.05, 3.63) is 0 Å². The molecule has 5 heteroatoms. The summed E-state index contributed by atoms with van der Waals surface area (Å²) in [5, 5.41) is 3.43. The van der Waals surface area contributed by atoms with Crippen LogP contribution in [-0.4, -0.2) is 56.5 Å². The topological polar surface area (TPSA) is 49.4 Å². The maximum absolute atomic E-state index is 11.6. The highest BCUT2D eigenvalue weighted by Crippen LogP contribution is 2.22. The molecule has 2 fully saturated rings. The maximum atomic E-state index is 11.6. The van der Waals surface area contributed by atoms with Crippen molar-refractivity contribution >= 4 is 9.84 Å². The third kappa shape index (κ3) is 3.42. The zero-order valence-corrected chi connectivity index (χ0v) is 11.5. The third-order valence-corrected chi connectivity index (χ3v) is 5.65. The average molecular weight is 260 g/mol. The summed E-state index contributed by atoms with van der Waals surface area (Å²) >= 11 is 0. The molecule has 0 amide bonds. The van der Waals surface area contributed by atoms with Crippen molar-refractivity contribution in [3.63, 3.8) is 0 Å². The maximum Gasteiger partial charge on any atom is 0.151 e. The van der Waals surface area contributed by atoms with E-state index >= 15 is 0 Å². The van der Waals surface area contributed by atoms with E-state index in [1.54, 1.807) is 0 Å². The lowest BCUT2D eigenvalue weighted by molar-refractivity contribution is 0.123. The first-order valence-electron chi connectivity index (χ1n) is 6.79. The highest BCUT2D eigenvalue weighted by molar-refractivity contribution is 7.91. The molecule has 2 rings (SSSR count). The molecule has 2 aliphatic rings. The molecule has 4 nitrogen and oxygen atoms in total. The predicted molar refractivity (Wildman–Crippen MR) is 69.9 cm³/mol. The number of rotatable bonds is 4. The molecule has 2 heterocycles. The van der Waals surface area contributed by atoms with Crippen molar-refractivity contribution in [2.24, 2.45) is 0 Å². The van der Waals surface area contributed by atoms with Crippen LogP contribution in [0, 0.1) is 0 Å². The number of nitrogens with one attached hydrogen (secondary N) is 1. The van der Waals surface area contributed by atoms with Crippen molar-refractivity contribution in [1.82, 2.24) is 10.2 Å². The predicted octanol–water partition coefficient (Wildman–Crippen LogP) is 0.638. The first kappa shape index (κ1) is 13.3. The van der Waals surface area contributed by atoms with E-state index in [4.69, 9.17) is 0 Å². The van der Waals surface area contributed by atoms with Crippen LogP contribution in [0.3, 0.4) is 0 Å². The second kappa shape index (κ2) is 5.67. The largest absolute Gasteiger partial charge is 0.315 e. The van der Waals surface area contributed by atoms with Crippen molar-refractivity contribution in [3.8, 4) is 0 Å². The smallest absolute Gasteiger partial charge is 0.151 e. The van der Waals surface area contributed by atoms with Gasteiger partial charge in [0.25, 0.3) is 0 Å². The zero-order chi connectivity index (χ0) is 12.3. The van der Waals surface area contributed by atoms with E-state index in [-0.39, 0.29) is 6.04 Å². The molecule has 0 radical (unpaired) electrons. The SMILES string of the molecule is CCCN(C1CCCNC1)C1CCS(=O)(=O)C1. The Labute approximate surface area is 105 Å². The monoisotopic (exact) mass is 260 g/mol. The second-order valence-corrected chi connectivity index (χ2v) is 7.52. The van der Waals surface area contributed by atoms with E-state index in [0.717, 1.165) is 32.5 Å². The minimum absolute atomic E-state index is 0.268. The fourth-order valence-electron chi connectivity index (χ4n) is 3.07. The first-order valence-corrected chi connectivity index (χ1v) is 8.61. The number of sulfone groups is 1. The van der Waals surface area contributed by atoms with Crippen LogP contribution in [-0.2, 0) is 9.84 Å². The van der Waals surface area contributed by atoms with Gasteiger partial charge < -0.3 is 5.32 Å². The number of nitrogens with zero attached hydrogens (tertiary/aromatic N) is 1. The Hall–Kier alpha value is -0.130. The van der Waals surface area contributed by atoms with Crippen molar-refractivity contribution in [2.75, 3.05) is 31.1 Å². The Morgan fingerprint density at radius 3 is 2.65 bits per heavy atom. The molecule has 0 spiro atoms. The van der Waals surface area contributed by atoms with Crippen LogP contribution < -0.4 is 5.32 Å². The van der Waals surface area contributed by atoms with Crippen LogP contribution in [0.4, 0.5) is 0 Å². The van der Waals surface area contributed by atoms with E-state index in [1.807, 2.05) is 0 Å². The summed E-state index contributed by atoms with van der Waals surface area (Å²) in [5.74, 6) is 0.765. The van der Waals surface area contributed by atoms with E-state index < -0.39 is 9.84 Å². The van der Waals surface area contributed by atoms with Gasteiger partial charge >= 0.3 is 0 Å². The van der Waals surface area contributed by atoms with E-state index in [9.17, 15) is 8.42 Å². The fraction of sp³-hybridized carbons (Fsp3) is 1.00. The Bertz CT molecular complexity index is 336. The Balaban J connectivity index is 2.01. The average Bonchev–Trinajstić information content (AvgIpc) is 2.67. The molecule has 2 atom stereocenters. The summed E-state index contributed by atoms with van der Waals surface area (Å²) in [7, 11) is -2.76. The molecule has 17 heavy (non-hydrogen) atoms. The molecule has 1 N–H and O–H groups in total. The third-order valence-electron chi connectivity index (χ3n) is 3.90. The molecule has 0 aromatic rings. The van der Waals surface area contributed by atoms with E-state index in [0.29, 0.717) is 17.5 Å². The Kier molecular flexibility index (Phi) is 4.44. The van der Waals surface area contributed by atoms with Crippen molar-refractivity contribution in [1.29, 1.82) is 0 Å². The van der Waals surface area contributed by atoms with E-state index in [1.165, 1.54) is 12.8 Å². The quantitative estimate of drug-likeness (QED) is 0.806. The lowest BCUT2D eigenvalue weighted by atomic mass is 10.0. The van der Waals surface area contributed by atoms with Crippen molar-refractivity contribution < 1.29 is 8.42 Å². The van der Waals surface area contributed by atoms with Gasteiger partial charge in [-0.1, -0.05) is 6.92 Å². The summed E-state index contributed by atoms with van der Waals surface area (Å²) in [6, 6.07) is 0.812. The summed E-state index contributed by atoms with van der Waals surface area (Å²) in [6.45, 7) is 5.34. The van der Waals surface area contributed by atoms with Crippen LogP contribution in [0.5, 0.6) is 0 Å². The highest BCUT2D eigenvalue weighted by atomic mass is 32.2. The van der Waals surface area contributed by atoms with Gasteiger partial charge in [0.1, 0.15) is 0 Å². The van der Waals surface area contributed by atoms with Crippen LogP contribution in [0.15, 0.2) is 0 Å². The Morgan fingerprint density at radius 1 is 1.29 bits per heavy atom. The van der Waals surface area contributed by atoms with Gasteiger partial charge in [-0.05, 0) is 38.8 Å². The standard InChI is InChI=1S/C12H24N2O2S/c1-2-7-14(11-4-3-6-13-9-11)12-5-8-17(15,16)10-12/h11-13H,2-10H2,1H3. The molecule has 100 valence electrons. The number of hydrogen-bond donors (Lipinski definition) is 1. The molecular formula is C12H24N2O2S. The molecule has 0 aromatic heterocycles. The van der Waals surface area contributed by atoms with Gasteiger partial charge in [0, 0.05) is 18.6 Å². The molecule has 2 saturated heterocycles. The van der Waals surface area contributed by atoms with Gasteiger partial charge in [0.2, 0.25) is 0 Å². The zero-order valence-electron chi connectivity index (χ0n) is 10.7. The summed E-state index contributed by atoms with van der Waals surface area (Å²) in [4.78, 5) is 2.46. The van der Waals surface area contributed by atoms with Gasteiger partial charge in [0.05, 0.1) is 11.5 Å². The molecular weight excluding hydrogens is 236 g/mol. The van der Waals surface area contributed by atoms with Gasteiger partial charge in [0.15, 0.2) is 9.84 Å². The lowest BCUT2D eigenvalue weighted by Crippen LogP contribution is -2.51. The van der Waals surface area contributed by atoms with E-state index in [2.05, 4.69) is 17.1 Å². The molecule has 0 aliphatic carbocycles. The summed E-state index contributed by atoms with van der Waals surface area (Å²) in [5.41, 5.74) is 0. The van der Waals surface area contributed by atoms with Crippen molar-refractivity contribution in [2.45, 2.75) is 44.7 Å². The number of piperidine rings is 1. The van der Waals surface area contributed by atoms with Gasteiger partial charge in [-0.2, -0.15) is 0 Å². The molecule has 0 bridgehead atoms. The summed E-state index contributed by atoms with van der Waals surface area (Å²) in [6.07, 6.45) is 4.36. The van der Waals surface area contributed by atoms with Crippen LogP contribution in [0.2, 0.25) is 0 Å². The van der Waals surface area contributed by atoms with Crippen LogP contribution >= 0.6 is 0 Å². The molecule has 2 aliphatic heterocycles. The molecule has 0 saturated carbocycles.